The molecule has 0 atom stereocenters. The van der Waals surface area contributed by atoms with E-state index >= 15 is 0 Å². The molecular formula is C20H24N2. The second-order valence-corrected chi connectivity index (χ2v) is 5.82. The van der Waals surface area contributed by atoms with Crippen molar-refractivity contribution in [2.24, 2.45) is 5.73 Å². The fourth-order valence-corrected chi connectivity index (χ4v) is 3.06. The summed E-state index contributed by atoms with van der Waals surface area (Å²) in [6.07, 6.45) is 4.37. The van der Waals surface area contributed by atoms with E-state index in [1.807, 2.05) is 0 Å². The molecule has 3 rings (SSSR count). The Labute approximate surface area is 132 Å². The summed E-state index contributed by atoms with van der Waals surface area (Å²) < 4.78 is 0. The molecule has 0 radical (unpaired) electrons. The van der Waals surface area contributed by atoms with E-state index in [-0.39, 0.29) is 0 Å². The Morgan fingerprint density at radius 1 is 0.955 bits per heavy atom. The van der Waals surface area contributed by atoms with Crippen LogP contribution in [0.3, 0.4) is 0 Å². The average molecular weight is 292 g/mol. The lowest BCUT2D eigenvalue weighted by molar-refractivity contribution is 0.748. The zero-order valence-electron chi connectivity index (χ0n) is 13.2. The van der Waals surface area contributed by atoms with E-state index in [1.54, 1.807) is 0 Å². The number of nitrogens with two attached hydrogens (primary N) is 1. The van der Waals surface area contributed by atoms with Crippen molar-refractivity contribution >= 4 is 10.9 Å². The number of hydrogen-bond donors (Lipinski definition) is 2. The summed E-state index contributed by atoms with van der Waals surface area (Å²) in [5.41, 5.74) is 12.2. The highest BCUT2D eigenvalue weighted by molar-refractivity contribution is 5.90. The quantitative estimate of drug-likeness (QED) is 0.636. The molecule has 0 unspecified atom stereocenters. The van der Waals surface area contributed by atoms with Crippen molar-refractivity contribution in [3.63, 3.8) is 0 Å². The zero-order chi connectivity index (χ0) is 15.4. The van der Waals surface area contributed by atoms with Crippen LogP contribution in [0, 0.1) is 0 Å². The lowest BCUT2D eigenvalue weighted by atomic mass is 9.99. The van der Waals surface area contributed by atoms with Crippen LogP contribution in [-0.2, 0) is 12.8 Å². The third-order valence-electron chi connectivity index (χ3n) is 4.35. The smallest absolute Gasteiger partial charge is 0.0497 e. The van der Waals surface area contributed by atoms with Gasteiger partial charge in [-0.2, -0.15) is 0 Å². The number of unbranched alkanes of at least 4 members (excludes halogenated alkanes) is 1. The van der Waals surface area contributed by atoms with Crippen LogP contribution in [-0.4, -0.2) is 11.5 Å². The van der Waals surface area contributed by atoms with Gasteiger partial charge < -0.3 is 10.7 Å². The largest absolute Gasteiger partial charge is 0.354 e. The maximum absolute atomic E-state index is 5.65. The van der Waals surface area contributed by atoms with Crippen LogP contribution in [0.2, 0.25) is 0 Å². The van der Waals surface area contributed by atoms with Crippen LogP contribution in [0.1, 0.15) is 30.9 Å². The van der Waals surface area contributed by atoms with Crippen molar-refractivity contribution in [1.29, 1.82) is 0 Å². The molecule has 0 amide bonds. The summed E-state index contributed by atoms with van der Waals surface area (Å²) in [5.74, 6) is 0. The number of fused-ring (bicyclic) bond motifs is 1. The Hall–Kier alpha value is -2.06. The second-order valence-electron chi connectivity index (χ2n) is 5.82. The number of H-pyrrole nitrogens is 1. The number of hydrogen-bond acceptors (Lipinski definition) is 1. The van der Waals surface area contributed by atoms with E-state index < -0.39 is 0 Å². The molecule has 0 spiro atoms. The molecule has 2 nitrogen and oxygen atoms in total. The van der Waals surface area contributed by atoms with Crippen molar-refractivity contribution in [3.8, 4) is 11.3 Å². The van der Waals surface area contributed by atoms with E-state index in [4.69, 9.17) is 5.73 Å². The maximum Gasteiger partial charge on any atom is 0.0497 e. The van der Waals surface area contributed by atoms with Gasteiger partial charge in [-0.1, -0.05) is 49.4 Å². The fraction of sp³-hybridized carbons (Fsp3) is 0.300. The van der Waals surface area contributed by atoms with Crippen molar-refractivity contribution in [2.75, 3.05) is 6.54 Å². The monoisotopic (exact) mass is 292 g/mol. The molecule has 3 N–H and O–H groups in total. The van der Waals surface area contributed by atoms with Gasteiger partial charge >= 0.3 is 0 Å². The highest BCUT2D eigenvalue weighted by atomic mass is 14.7. The molecule has 0 aliphatic rings. The highest BCUT2D eigenvalue weighted by Gasteiger charge is 2.12. The molecule has 3 aromatic rings. The number of para-hydroxylation sites is 1. The predicted octanol–water partition coefficient (Wildman–Crippen LogP) is 4.68. The van der Waals surface area contributed by atoms with E-state index in [0.717, 1.165) is 32.2 Å². The predicted molar refractivity (Wildman–Crippen MR) is 95.1 cm³/mol. The lowest BCUT2D eigenvalue weighted by Crippen LogP contribution is -1.99. The molecule has 0 aliphatic carbocycles. The Balaban J connectivity index is 2.04. The molecule has 2 heteroatoms. The number of benzene rings is 2. The van der Waals surface area contributed by atoms with Gasteiger partial charge in [0.25, 0.3) is 0 Å². The molecule has 2 aromatic carbocycles. The Kier molecular flexibility index (Phi) is 4.59. The molecule has 0 saturated heterocycles. The van der Waals surface area contributed by atoms with Crippen molar-refractivity contribution in [2.45, 2.75) is 32.6 Å². The molecule has 114 valence electrons. The summed E-state index contributed by atoms with van der Waals surface area (Å²) in [6.45, 7) is 2.96. The Bertz CT molecular complexity index is 738. The van der Waals surface area contributed by atoms with Crippen LogP contribution >= 0.6 is 0 Å². The van der Waals surface area contributed by atoms with Gasteiger partial charge in [-0.05, 0) is 55.0 Å². The highest BCUT2D eigenvalue weighted by Crippen LogP contribution is 2.31. The first kappa shape index (κ1) is 14.9. The van der Waals surface area contributed by atoms with Crippen molar-refractivity contribution in [1.82, 2.24) is 4.98 Å². The van der Waals surface area contributed by atoms with Crippen molar-refractivity contribution in [3.05, 3.63) is 59.7 Å². The molecule has 1 aromatic heterocycles. The van der Waals surface area contributed by atoms with Gasteiger partial charge in [-0.15, -0.1) is 0 Å². The van der Waals surface area contributed by atoms with Crippen LogP contribution in [0.25, 0.3) is 22.2 Å². The summed E-state index contributed by atoms with van der Waals surface area (Å²) in [6, 6.07) is 17.5. The third kappa shape index (κ3) is 2.93. The minimum absolute atomic E-state index is 0.767. The van der Waals surface area contributed by atoms with E-state index in [9.17, 15) is 0 Å². The lowest BCUT2D eigenvalue weighted by Gasteiger charge is -2.06. The Morgan fingerprint density at radius 2 is 1.73 bits per heavy atom. The van der Waals surface area contributed by atoms with Gasteiger partial charge in [0.1, 0.15) is 0 Å². The third-order valence-corrected chi connectivity index (χ3v) is 4.35. The molecule has 1 heterocycles. The molecule has 22 heavy (non-hydrogen) atoms. The molecule has 0 aliphatic heterocycles. The first-order valence-corrected chi connectivity index (χ1v) is 8.22. The van der Waals surface area contributed by atoms with Gasteiger partial charge in [0.15, 0.2) is 0 Å². The number of rotatable bonds is 6. The van der Waals surface area contributed by atoms with Crippen LogP contribution < -0.4 is 5.73 Å². The maximum atomic E-state index is 5.65. The average Bonchev–Trinajstić information content (AvgIpc) is 2.94. The fourth-order valence-electron chi connectivity index (χ4n) is 3.06. The molecular weight excluding hydrogens is 268 g/mol. The van der Waals surface area contributed by atoms with Crippen LogP contribution in [0.5, 0.6) is 0 Å². The van der Waals surface area contributed by atoms with Gasteiger partial charge in [0.2, 0.25) is 0 Å². The SMILES string of the molecule is CCc1ccc(-c2[nH]c3ccccc3c2CCCCN)cc1. The standard InChI is InChI=1S/C20H24N2/c1-2-15-10-12-16(13-11-15)20-18(8-5-6-14-21)17-7-3-4-9-19(17)22-20/h3-4,7,9-13,22H,2,5-6,8,14,21H2,1H3. The van der Waals surface area contributed by atoms with Gasteiger partial charge in [0.05, 0.1) is 0 Å². The minimum Gasteiger partial charge on any atom is -0.354 e. The summed E-state index contributed by atoms with van der Waals surface area (Å²) >= 11 is 0. The minimum atomic E-state index is 0.767. The zero-order valence-corrected chi connectivity index (χ0v) is 13.2. The first-order valence-electron chi connectivity index (χ1n) is 8.22. The number of aryl methyl sites for hydroxylation is 2. The van der Waals surface area contributed by atoms with E-state index in [1.165, 1.54) is 33.3 Å². The first-order chi connectivity index (χ1) is 10.8. The van der Waals surface area contributed by atoms with Crippen LogP contribution in [0.15, 0.2) is 48.5 Å². The summed E-state index contributed by atoms with van der Waals surface area (Å²) in [4.78, 5) is 3.61. The number of aromatic nitrogens is 1. The summed E-state index contributed by atoms with van der Waals surface area (Å²) in [7, 11) is 0. The van der Waals surface area contributed by atoms with Gasteiger partial charge in [-0.3, -0.25) is 0 Å². The van der Waals surface area contributed by atoms with E-state index in [0.29, 0.717) is 0 Å². The van der Waals surface area contributed by atoms with Crippen LogP contribution in [0.4, 0.5) is 0 Å². The topological polar surface area (TPSA) is 41.8 Å². The number of nitrogens with one attached hydrogen (secondary N) is 1. The molecule has 0 fully saturated rings. The van der Waals surface area contributed by atoms with Gasteiger partial charge in [-0.25, -0.2) is 0 Å². The van der Waals surface area contributed by atoms with E-state index in [2.05, 4.69) is 60.4 Å². The Morgan fingerprint density at radius 3 is 2.45 bits per heavy atom. The van der Waals surface area contributed by atoms with Crippen molar-refractivity contribution < 1.29 is 0 Å². The number of aromatic amines is 1. The summed E-state index contributed by atoms with van der Waals surface area (Å²) in [5, 5.41) is 1.34. The van der Waals surface area contributed by atoms with Gasteiger partial charge in [0, 0.05) is 16.6 Å². The second kappa shape index (κ2) is 6.80. The molecule has 0 bridgehead atoms. The normalized spacial score (nSPS) is 11.2. The molecule has 0 saturated carbocycles.